The molecule has 3 aromatic rings. The average Bonchev–Trinajstić information content (AvgIpc) is 3.12. The molecular formula is C21H17F8N3O5. The molecule has 2 aromatic heterocycles. The van der Waals surface area contributed by atoms with E-state index in [1.165, 1.54) is 35.7 Å². The largest absolute Gasteiger partial charge is 0.490 e. The number of hydrogen-bond donors (Lipinski definition) is 3. The number of benzene rings is 1. The Kier molecular flexibility index (Phi) is 9.03. The Morgan fingerprint density at radius 1 is 1.08 bits per heavy atom. The predicted octanol–water partition coefficient (Wildman–Crippen LogP) is 3.79. The number of rotatable bonds is 6. The van der Waals surface area contributed by atoms with E-state index in [2.05, 4.69) is 4.98 Å². The second-order valence-corrected chi connectivity index (χ2v) is 7.17. The molecule has 1 amide bonds. The second kappa shape index (κ2) is 11.4. The van der Waals surface area contributed by atoms with Crippen molar-refractivity contribution in [3.05, 3.63) is 65.1 Å². The van der Waals surface area contributed by atoms with Crippen molar-refractivity contribution in [1.82, 2.24) is 14.7 Å². The third kappa shape index (κ3) is 7.52. The summed E-state index contributed by atoms with van der Waals surface area (Å²) in [6.07, 6.45) is -11.2. The number of alkyl halides is 6. The Hall–Kier alpha value is -3.95. The van der Waals surface area contributed by atoms with Gasteiger partial charge in [-0.1, -0.05) is 6.07 Å². The number of amides is 1. The molecule has 37 heavy (non-hydrogen) atoms. The number of nitrogens with zero attached hydrogens (tertiary/aromatic N) is 2. The fourth-order valence-corrected chi connectivity index (χ4v) is 2.75. The number of aryl methyl sites for hydroxylation is 1. The average molecular weight is 543 g/mol. The number of carbonyl (C=O) groups excluding carboxylic acids is 1. The quantitative estimate of drug-likeness (QED) is 0.408. The van der Waals surface area contributed by atoms with Crippen LogP contribution in [0.4, 0.5) is 35.1 Å². The minimum Gasteiger partial charge on any atom is -0.485 e. The van der Waals surface area contributed by atoms with Crippen LogP contribution in [0, 0.1) is 18.6 Å². The zero-order chi connectivity index (χ0) is 28.1. The molecule has 1 unspecified atom stereocenters. The third-order valence-electron chi connectivity index (χ3n) is 4.51. The first-order valence-corrected chi connectivity index (χ1v) is 9.90. The van der Waals surface area contributed by atoms with Gasteiger partial charge < -0.3 is 20.3 Å². The molecule has 16 heteroatoms. The van der Waals surface area contributed by atoms with Crippen molar-refractivity contribution in [3.8, 4) is 5.75 Å². The number of aliphatic hydroxyl groups excluding tert-OH is 1. The maximum atomic E-state index is 13.8. The lowest BCUT2D eigenvalue weighted by Crippen LogP contribution is -2.41. The zero-order valence-corrected chi connectivity index (χ0v) is 18.5. The van der Waals surface area contributed by atoms with Gasteiger partial charge in [0.1, 0.15) is 23.9 Å². The van der Waals surface area contributed by atoms with Crippen LogP contribution in [-0.4, -0.2) is 56.5 Å². The first kappa shape index (κ1) is 29.3. The van der Waals surface area contributed by atoms with Gasteiger partial charge in [-0.15, -0.1) is 0 Å². The van der Waals surface area contributed by atoms with Crippen molar-refractivity contribution in [3.63, 3.8) is 0 Å². The number of carbonyl (C=O) groups is 2. The Labute approximate surface area is 202 Å². The summed E-state index contributed by atoms with van der Waals surface area (Å²) in [5.74, 6) is -5.11. The van der Waals surface area contributed by atoms with Crippen LogP contribution in [0.15, 0.2) is 36.5 Å². The predicted molar refractivity (Wildman–Crippen MR) is 109 cm³/mol. The lowest BCUT2D eigenvalue weighted by molar-refractivity contribution is -0.201. The van der Waals surface area contributed by atoms with Crippen LogP contribution in [-0.2, 0) is 11.4 Å². The van der Waals surface area contributed by atoms with E-state index in [1.54, 1.807) is 0 Å². The van der Waals surface area contributed by atoms with Crippen LogP contribution in [0.25, 0.3) is 5.65 Å². The number of nitrogens with one attached hydrogen (secondary N) is 1. The second-order valence-electron chi connectivity index (χ2n) is 7.17. The van der Waals surface area contributed by atoms with Crippen molar-refractivity contribution in [2.75, 3.05) is 6.54 Å². The normalized spacial score (nSPS) is 12.5. The van der Waals surface area contributed by atoms with Gasteiger partial charge in [0, 0.05) is 6.20 Å². The number of aromatic nitrogens is 2. The standard InChI is InChI=1S/C19H16F5N3O3.C2HF3O2/c1-10-16(18(29)25-8-15(28)19(22,23)24)27-7-3-6-14(17(27)26-10)30-9-11-12(20)4-2-5-13(11)21;3-2(4,5)1(6)7/h2-7,15,28H,8-9H2,1H3,(H,25,29);(H,6,7). The monoisotopic (exact) mass is 543 g/mol. The van der Waals surface area contributed by atoms with Crippen LogP contribution < -0.4 is 10.1 Å². The molecule has 1 atom stereocenters. The highest BCUT2D eigenvalue weighted by Gasteiger charge is 2.39. The molecule has 2 heterocycles. The summed E-state index contributed by atoms with van der Waals surface area (Å²) < 4.78 is 103. The number of aliphatic hydroxyl groups is 1. The number of ether oxygens (including phenoxy) is 1. The number of carboxylic acid groups (broad SMARTS) is 1. The lowest BCUT2D eigenvalue weighted by Gasteiger charge is -2.15. The van der Waals surface area contributed by atoms with Gasteiger partial charge >= 0.3 is 18.3 Å². The lowest BCUT2D eigenvalue weighted by atomic mass is 10.2. The summed E-state index contributed by atoms with van der Waals surface area (Å²) in [6, 6.07) is 6.32. The first-order valence-electron chi connectivity index (χ1n) is 9.90. The van der Waals surface area contributed by atoms with Gasteiger partial charge in [-0.05, 0) is 31.2 Å². The maximum absolute atomic E-state index is 13.8. The fourth-order valence-electron chi connectivity index (χ4n) is 2.75. The number of pyridine rings is 1. The minimum atomic E-state index is -5.08. The van der Waals surface area contributed by atoms with Gasteiger partial charge in [0.2, 0.25) is 0 Å². The number of hydrogen-bond acceptors (Lipinski definition) is 5. The minimum absolute atomic E-state index is 0.0677. The van der Waals surface area contributed by atoms with Crippen molar-refractivity contribution in [2.45, 2.75) is 32.0 Å². The van der Waals surface area contributed by atoms with E-state index in [9.17, 15) is 39.9 Å². The molecule has 0 aliphatic heterocycles. The van der Waals surface area contributed by atoms with Crippen molar-refractivity contribution >= 4 is 17.5 Å². The van der Waals surface area contributed by atoms with E-state index in [0.29, 0.717) is 0 Å². The molecule has 0 aliphatic rings. The SMILES string of the molecule is Cc1nc2c(OCc3c(F)cccc3F)cccn2c1C(=O)NCC(O)C(F)(F)F.O=C(O)C(F)(F)F. The molecule has 0 saturated heterocycles. The van der Waals surface area contributed by atoms with Crippen molar-refractivity contribution < 1.29 is 59.7 Å². The van der Waals surface area contributed by atoms with Crippen molar-refractivity contribution in [2.24, 2.45) is 0 Å². The molecule has 202 valence electrons. The highest BCUT2D eigenvalue weighted by atomic mass is 19.4. The maximum Gasteiger partial charge on any atom is 0.490 e. The molecule has 0 bridgehead atoms. The van der Waals surface area contributed by atoms with Crippen LogP contribution in [0.2, 0.25) is 0 Å². The van der Waals surface area contributed by atoms with E-state index in [0.717, 1.165) is 12.1 Å². The summed E-state index contributed by atoms with van der Waals surface area (Å²) in [5, 5.41) is 18.2. The molecule has 0 aliphatic carbocycles. The topological polar surface area (TPSA) is 113 Å². The number of aliphatic carboxylic acids is 1. The number of carboxylic acids is 1. The fraction of sp³-hybridized carbons (Fsp3) is 0.286. The smallest absolute Gasteiger partial charge is 0.485 e. The molecule has 8 nitrogen and oxygen atoms in total. The summed E-state index contributed by atoms with van der Waals surface area (Å²) in [5.41, 5.74) is -0.0424. The summed E-state index contributed by atoms with van der Waals surface area (Å²) in [4.78, 5) is 25.4. The molecule has 0 saturated carbocycles. The van der Waals surface area contributed by atoms with Gasteiger partial charge in [-0.25, -0.2) is 18.6 Å². The van der Waals surface area contributed by atoms with Gasteiger partial charge in [0.15, 0.2) is 17.5 Å². The first-order chi connectivity index (χ1) is 17.0. The molecule has 1 aromatic carbocycles. The van der Waals surface area contributed by atoms with E-state index in [-0.39, 0.29) is 28.3 Å². The van der Waals surface area contributed by atoms with E-state index in [1.807, 2.05) is 5.32 Å². The number of fused-ring (bicyclic) bond motifs is 1. The van der Waals surface area contributed by atoms with Crippen LogP contribution in [0.5, 0.6) is 5.75 Å². The molecule has 3 N–H and O–H groups in total. The van der Waals surface area contributed by atoms with E-state index in [4.69, 9.17) is 19.7 Å². The molecule has 3 rings (SSSR count). The number of halogens is 8. The molecule has 0 fully saturated rings. The summed E-state index contributed by atoms with van der Waals surface area (Å²) >= 11 is 0. The van der Waals surface area contributed by atoms with Crippen LogP contribution in [0.1, 0.15) is 21.7 Å². The van der Waals surface area contributed by atoms with Crippen LogP contribution >= 0.6 is 0 Å². The van der Waals surface area contributed by atoms with Gasteiger partial charge in [0.05, 0.1) is 17.8 Å². The van der Waals surface area contributed by atoms with Gasteiger partial charge in [-0.2, -0.15) is 26.3 Å². The Morgan fingerprint density at radius 3 is 2.16 bits per heavy atom. The Morgan fingerprint density at radius 2 is 1.65 bits per heavy atom. The summed E-state index contributed by atoms with van der Waals surface area (Å²) in [7, 11) is 0. The highest BCUT2D eigenvalue weighted by Crippen LogP contribution is 2.24. The molecule has 0 spiro atoms. The third-order valence-corrected chi connectivity index (χ3v) is 4.51. The molecule has 0 radical (unpaired) electrons. The van der Waals surface area contributed by atoms with Crippen LogP contribution in [0.3, 0.4) is 0 Å². The van der Waals surface area contributed by atoms with Gasteiger partial charge in [0.25, 0.3) is 5.91 Å². The van der Waals surface area contributed by atoms with E-state index >= 15 is 0 Å². The van der Waals surface area contributed by atoms with E-state index < -0.39 is 55.1 Å². The Bertz CT molecular complexity index is 1250. The van der Waals surface area contributed by atoms with Crippen molar-refractivity contribution in [1.29, 1.82) is 0 Å². The molecular weight excluding hydrogens is 526 g/mol. The van der Waals surface area contributed by atoms with Gasteiger partial charge in [-0.3, -0.25) is 9.20 Å². The summed E-state index contributed by atoms with van der Waals surface area (Å²) in [6.45, 7) is -0.0104. The number of imidazole rings is 1. The zero-order valence-electron chi connectivity index (χ0n) is 18.5. The Balaban J connectivity index is 0.000000604. The highest BCUT2D eigenvalue weighted by molar-refractivity contribution is 5.95.